The zero-order valence-corrected chi connectivity index (χ0v) is 19.5. The van der Waals surface area contributed by atoms with Crippen LogP contribution in [0.1, 0.15) is 19.8 Å². The Labute approximate surface area is 194 Å². The van der Waals surface area contributed by atoms with Crippen LogP contribution in [0.5, 0.6) is 0 Å². The van der Waals surface area contributed by atoms with E-state index in [1.165, 1.54) is 17.2 Å². The van der Waals surface area contributed by atoms with Gasteiger partial charge in [0.2, 0.25) is 6.71 Å². The summed E-state index contributed by atoms with van der Waals surface area (Å²) in [6, 6.07) is 29.7. The van der Waals surface area contributed by atoms with Crippen LogP contribution in [0.3, 0.4) is 0 Å². The van der Waals surface area contributed by atoms with Gasteiger partial charge in [0.25, 0.3) is 0 Å². The smallest absolute Gasteiger partial charge is 0.209 e. The molecular formula is C27H28BBrN2. The SMILES string of the molecule is Brc1ccc(-n2ccnc2)cc1.CCC=CCCB(c1ccccc1)c1ccccc1. The predicted octanol–water partition coefficient (Wildman–Crippen LogP) is 6.29. The first-order valence-electron chi connectivity index (χ1n) is 10.8. The van der Waals surface area contributed by atoms with Crippen molar-refractivity contribution in [3.8, 4) is 5.69 Å². The third-order valence-corrected chi connectivity index (χ3v) is 5.59. The molecule has 1 heterocycles. The standard InChI is InChI=1S/C18H21B.C9H7BrN2/c1-2-3-4-11-16-19(17-12-7-5-8-13-17)18-14-9-6-10-15-18;10-8-1-3-9(4-2-8)12-6-5-11-7-12/h3-10,12-15H,2,11,16H2,1H3;1-7H. The normalized spacial score (nSPS) is 10.5. The minimum absolute atomic E-state index is 0.504. The van der Waals surface area contributed by atoms with E-state index in [-0.39, 0.29) is 0 Å². The van der Waals surface area contributed by atoms with E-state index in [1.807, 2.05) is 35.0 Å². The number of hydrogen-bond acceptors (Lipinski definition) is 1. The molecule has 4 heteroatoms. The van der Waals surface area contributed by atoms with Crippen LogP contribution in [0.15, 0.2) is 120 Å². The Hall–Kier alpha value is -2.85. The maximum atomic E-state index is 3.97. The third-order valence-electron chi connectivity index (χ3n) is 5.06. The van der Waals surface area contributed by atoms with Gasteiger partial charge in [0.15, 0.2) is 0 Å². The molecule has 4 rings (SSSR count). The fourth-order valence-corrected chi connectivity index (χ4v) is 3.73. The van der Waals surface area contributed by atoms with Gasteiger partial charge in [0.1, 0.15) is 0 Å². The van der Waals surface area contributed by atoms with E-state index in [0.29, 0.717) is 6.71 Å². The van der Waals surface area contributed by atoms with Gasteiger partial charge in [-0.1, -0.05) is 113 Å². The van der Waals surface area contributed by atoms with Gasteiger partial charge < -0.3 is 4.57 Å². The van der Waals surface area contributed by atoms with Gasteiger partial charge in [0, 0.05) is 22.6 Å². The Morgan fingerprint density at radius 3 is 1.97 bits per heavy atom. The highest BCUT2D eigenvalue weighted by atomic mass is 79.9. The Morgan fingerprint density at radius 2 is 1.45 bits per heavy atom. The van der Waals surface area contributed by atoms with Gasteiger partial charge in [-0.15, -0.1) is 0 Å². The average Bonchev–Trinajstić information content (AvgIpc) is 3.36. The molecule has 31 heavy (non-hydrogen) atoms. The molecule has 4 aromatic rings. The fraction of sp³-hybridized carbons (Fsp3) is 0.148. The molecule has 0 saturated carbocycles. The number of rotatable bonds is 7. The molecule has 0 aliphatic heterocycles. The van der Waals surface area contributed by atoms with E-state index in [1.54, 1.807) is 12.5 Å². The monoisotopic (exact) mass is 470 g/mol. The molecule has 0 unspecified atom stereocenters. The van der Waals surface area contributed by atoms with Crippen LogP contribution in [0, 0.1) is 0 Å². The summed E-state index contributed by atoms with van der Waals surface area (Å²) in [7, 11) is 0. The van der Waals surface area contributed by atoms with Crippen molar-refractivity contribution in [3.63, 3.8) is 0 Å². The summed E-state index contributed by atoms with van der Waals surface area (Å²) in [4.78, 5) is 3.97. The van der Waals surface area contributed by atoms with Crippen LogP contribution in [0.4, 0.5) is 0 Å². The number of imidazole rings is 1. The van der Waals surface area contributed by atoms with Crippen LogP contribution in [-0.2, 0) is 0 Å². The lowest BCUT2D eigenvalue weighted by Gasteiger charge is -2.13. The Bertz CT molecular complexity index is 975. The number of benzene rings is 3. The van der Waals surface area contributed by atoms with Crippen molar-refractivity contribution in [2.45, 2.75) is 26.1 Å². The molecule has 0 radical (unpaired) electrons. The summed E-state index contributed by atoms with van der Waals surface area (Å²) in [5.41, 5.74) is 3.95. The zero-order valence-electron chi connectivity index (χ0n) is 17.9. The molecule has 0 spiro atoms. The molecule has 156 valence electrons. The van der Waals surface area contributed by atoms with Gasteiger partial charge >= 0.3 is 0 Å². The highest BCUT2D eigenvalue weighted by Gasteiger charge is 2.17. The number of hydrogen-bond donors (Lipinski definition) is 0. The lowest BCUT2D eigenvalue weighted by atomic mass is 9.38. The second kappa shape index (κ2) is 12.8. The Kier molecular flexibility index (Phi) is 9.40. The van der Waals surface area contributed by atoms with Crippen LogP contribution in [0.2, 0.25) is 6.32 Å². The lowest BCUT2D eigenvalue weighted by Crippen LogP contribution is -2.41. The number of halogens is 1. The molecule has 0 aliphatic carbocycles. The minimum Gasteiger partial charge on any atom is -0.306 e. The predicted molar refractivity (Wildman–Crippen MR) is 138 cm³/mol. The summed E-state index contributed by atoms with van der Waals surface area (Å²) in [6.45, 7) is 2.69. The van der Waals surface area contributed by atoms with E-state index in [4.69, 9.17) is 0 Å². The quantitative estimate of drug-likeness (QED) is 0.229. The topological polar surface area (TPSA) is 17.8 Å². The molecule has 0 bridgehead atoms. The van der Waals surface area contributed by atoms with Gasteiger partial charge in [-0.3, -0.25) is 0 Å². The zero-order chi connectivity index (χ0) is 21.7. The first-order chi connectivity index (χ1) is 15.3. The van der Waals surface area contributed by atoms with Crippen LogP contribution < -0.4 is 10.9 Å². The van der Waals surface area contributed by atoms with Crippen LogP contribution in [0.25, 0.3) is 5.69 Å². The lowest BCUT2D eigenvalue weighted by molar-refractivity contribution is 1.06. The molecule has 0 N–H and O–H groups in total. The molecule has 2 nitrogen and oxygen atoms in total. The molecule has 1 aromatic heterocycles. The molecule has 3 aromatic carbocycles. The fourth-order valence-electron chi connectivity index (χ4n) is 3.47. The van der Waals surface area contributed by atoms with Crippen molar-refractivity contribution in [2.75, 3.05) is 0 Å². The van der Waals surface area contributed by atoms with Crippen molar-refractivity contribution in [3.05, 3.63) is 120 Å². The van der Waals surface area contributed by atoms with Crippen LogP contribution >= 0.6 is 15.9 Å². The van der Waals surface area contributed by atoms with Crippen molar-refractivity contribution >= 4 is 33.6 Å². The van der Waals surface area contributed by atoms with Crippen molar-refractivity contribution in [1.82, 2.24) is 9.55 Å². The summed E-state index contributed by atoms with van der Waals surface area (Å²) in [5.74, 6) is 0. The number of aromatic nitrogens is 2. The highest BCUT2D eigenvalue weighted by molar-refractivity contribution is 9.10. The van der Waals surface area contributed by atoms with Crippen LogP contribution in [-0.4, -0.2) is 16.3 Å². The molecule has 0 atom stereocenters. The van der Waals surface area contributed by atoms with Crippen molar-refractivity contribution in [2.24, 2.45) is 0 Å². The van der Waals surface area contributed by atoms with E-state index < -0.39 is 0 Å². The maximum absolute atomic E-state index is 3.97. The summed E-state index contributed by atoms with van der Waals surface area (Å²) >= 11 is 3.38. The van der Waals surface area contributed by atoms with Gasteiger partial charge in [-0.05, 0) is 37.1 Å². The summed E-state index contributed by atoms with van der Waals surface area (Å²) < 4.78 is 3.05. The Morgan fingerprint density at radius 1 is 0.839 bits per heavy atom. The number of nitrogens with zero attached hydrogens (tertiary/aromatic N) is 2. The maximum Gasteiger partial charge on any atom is 0.209 e. The molecule has 0 amide bonds. The van der Waals surface area contributed by atoms with E-state index in [0.717, 1.165) is 23.0 Å². The van der Waals surface area contributed by atoms with Crippen molar-refractivity contribution in [1.29, 1.82) is 0 Å². The third kappa shape index (κ3) is 7.41. The first kappa shape index (κ1) is 22.8. The van der Waals surface area contributed by atoms with E-state index in [9.17, 15) is 0 Å². The van der Waals surface area contributed by atoms with Gasteiger partial charge in [-0.2, -0.15) is 0 Å². The first-order valence-corrected chi connectivity index (χ1v) is 11.6. The second-order valence-electron chi connectivity index (χ2n) is 7.28. The minimum atomic E-state index is 0.504. The summed E-state index contributed by atoms with van der Waals surface area (Å²) in [6.07, 6.45) is 13.5. The number of allylic oxidation sites excluding steroid dienone is 2. The second-order valence-corrected chi connectivity index (χ2v) is 8.19. The molecule has 0 aliphatic rings. The average molecular weight is 471 g/mol. The van der Waals surface area contributed by atoms with Crippen molar-refractivity contribution < 1.29 is 0 Å². The highest BCUT2D eigenvalue weighted by Crippen LogP contribution is 2.13. The Balaban J connectivity index is 0.000000194. The van der Waals surface area contributed by atoms with E-state index in [2.05, 4.69) is 101 Å². The molecule has 0 fully saturated rings. The summed E-state index contributed by atoms with van der Waals surface area (Å²) in [5, 5.41) is 0. The molecule has 0 saturated heterocycles. The largest absolute Gasteiger partial charge is 0.306 e. The van der Waals surface area contributed by atoms with Gasteiger partial charge in [0.05, 0.1) is 6.33 Å². The molecular weight excluding hydrogens is 443 g/mol. The van der Waals surface area contributed by atoms with E-state index >= 15 is 0 Å². The van der Waals surface area contributed by atoms with Gasteiger partial charge in [-0.25, -0.2) is 4.98 Å².